The summed E-state index contributed by atoms with van der Waals surface area (Å²) in [6.07, 6.45) is 6.85. The second-order valence-corrected chi connectivity index (χ2v) is 6.50. The summed E-state index contributed by atoms with van der Waals surface area (Å²) in [4.78, 5) is 0. The summed E-state index contributed by atoms with van der Waals surface area (Å²) >= 11 is 0. The lowest BCUT2D eigenvalue weighted by Crippen LogP contribution is -2.04. The average Bonchev–Trinajstić information content (AvgIpc) is 2.76. The van der Waals surface area contributed by atoms with E-state index in [2.05, 4.69) is 55.1 Å². The van der Waals surface area contributed by atoms with Crippen molar-refractivity contribution in [2.24, 2.45) is 0 Å². The van der Waals surface area contributed by atoms with Crippen molar-refractivity contribution in [1.82, 2.24) is 0 Å². The van der Waals surface area contributed by atoms with Crippen LogP contribution in [0.15, 0.2) is 104 Å². The first-order valence-electron chi connectivity index (χ1n) is 9.56. The second-order valence-electron chi connectivity index (χ2n) is 6.50. The van der Waals surface area contributed by atoms with Gasteiger partial charge in [0.15, 0.2) is 0 Å². The minimum absolute atomic E-state index is 0.0128. The van der Waals surface area contributed by atoms with Crippen molar-refractivity contribution in [3.8, 4) is 5.75 Å². The third-order valence-electron chi connectivity index (χ3n) is 4.38. The molecule has 3 aromatic rings. The molecule has 0 spiro atoms. The summed E-state index contributed by atoms with van der Waals surface area (Å²) in [5.74, 6) is 0.856. The van der Waals surface area contributed by atoms with Crippen LogP contribution >= 0.6 is 0 Å². The molecule has 0 aromatic heterocycles. The minimum atomic E-state index is -0.0128. The predicted octanol–water partition coefficient (Wildman–Crippen LogP) is 6.61. The van der Waals surface area contributed by atoms with Crippen LogP contribution < -0.4 is 4.74 Å². The van der Waals surface area contributed by atoms with Crippen molar-refractivity contribution in [2.75, 3.05) is 6.61 Å². The van der Waals surface area contributed by atoms with Gasteiger partial charge in [-0.15, -0.1) is 6.58 Å². The van der Waals surface area contributed by atoms with Crippen molar-refractivity contribution >= 4 is 6.08 Å². The summed E-state index contributed by atoms with van der Waals surface area (Å²) in [5, 5.41) is 0. The molecule has 0 heterocycles. The van der Waals surface area contributed by atoms with E-state index in [4.69, 9.17) is 9.47 Å². The zero-order valence-corrected chi connectivity index (χ0v) is 16.0. The van der Waals surface area contributed by atoms with Crippen LogP contribution in [0.4, 0.5) is 0 Å². The molecule has 1 unspecified atom stereocenters. The number of ether oxygens (including phenoxy) is 2. The largest absolute Gasteiger partial charge is 0.489 e. The van der Waals surface area contributed by atoms with Gasteiger partial charge in [-0.1, -0.05) is 91.0 Å². The van der Waals surface area contributed by atoms with E-state index in [0.717, 1.165) is 23.3 Å². The standard InChI is InChI=1S/C26H26O2/c1-2-20-27-26(15-9-14-22-10-5-3-6-11-22)24-16-18-25(19-17-24)28-21-23-12-7-4-8-13-23/h2-14,16-19,26H,1,15,20-21H2. The molecule has 0 saturated carbocycles. The van der Waals surface area contributed by atoms with Gasteiger partial charge in [0.2, 0.25) is 0 Å². The van der Waals surface area contributed by atoms with Crippen molar-refractivity contribution in [3.05, 3.63) is 120 Å². The van der Waals surface area contributed by atoms with E-state index in [-0.39, 0.29) is 6.10 Å². The molecule has 3 aromatic carbocycles. The zero-order chi connectivity index (χ0) is 19.4. The highest BCUT2D eigenvalue weighted by Gasteiger charge is 2.10. The van der Waals surface area contributed by atoms with Gasteiger partial charge >= 0.3 is 0 Å². The van der Waals surface area contributed by atoms with Gasteiger partial charge in [-0.3, -0.25) is 0 Å². The first-order valence-corrected chi connectivity index (χ1v) is 9.56. The molecule has 0 saturated heterocycles. The first-order chi connectivity index (χ1) is 13.8. The Morgan fingerprint density at radius 3 is 2.18 bits per heavy atom. The monoisotopic (exact) mass is 370 g/mol. The van der Waals surface area contributed by atoms with Gasteiger partial charge in [0.1, 0.15) is 12.4 Å². The molecule has 0 aliphatic carbocycles. The van der Waals surface area contributed by atoms with Crippen LogP contribution in [0.25, 0.3) is 6.08 Å². The Bertz CT molecular complexity index is 852. The van der Waals surface area contributed by atoms with Crippen LogP contribution in [0.1, 0.15) is 29.2 Å². The Hall–Kier alpha value is -3.10. The lowest BCUT2D eigenvalue weighted by atomic mass is 10.1. The summed E-state index contributed by atoms with van der Waals surface area (Å²) in [6.45, 7) is 4.85. The zero-order valence-electron chi connectivity index (χ0n) is 16.0. The Morgan fingerprint density at radius 1 is 0.821 bits per heavy atom. The van der Waals surface area contributed by atoms with Crippen molar-refractivity contribution < 1.29 is 9.47 Å². The molecule has 2 nitrogen and oxygen atoms in total. The molecule has 0 aliphatic rings. The van der Waals surface area contributed by atoms with E-state index in [1.54, 1.807) is 6.08 Å². The fraction of sp³-hybridized carbons (Fsp3) is 0.154. The molecule has 1 atom stereocenters. The van der Waals surface area contributed by atoms with Gasteiger partial charge in [0.05, 0.1) is 12.7 Å². The fourth-order valence-corrected chi connectivity index (χ4v) is 2.90. The van der Waals surface area contributed by atoms with E-state index in [9.17, 15) is 0 Å². The van der Waals surface area contributed by atoms with E-state index >= 15 is 0 Å². The molecule has 0 amide bonds. The summed E-state index contributed by atoms with van der Waals surface area (Å²) in [6, 6.07) is 28.6. The molecule has 0 fully saturated rings. The number of rotatable bonds is 10. The van der Waals surface area contributed by atoms with Gasteiger partial charge in [-0.25, -0.2) is 0 Å². The maximum atomic E-state index is 5.97. The maximum Gasteiger partial charge on any atom is 0.119 e. The van der Waals surface area contributed by atoms with Gasteiger partial charge < -0.3 is 9.47 Å². The molecule has 2 heteroatoms. The van der Waals surface area contributed by atoms with Crippen molar-refractivity contribution in [1.29, 1.82) is 0 Å². The van der Waals surface area contributed by atoms with Gasteiger partial charge in [0, 0.05) is 0 Å². The van der Waals surface area contributed by atoms with Crippen molar-refractivity contribution in [3.63, 3.8) is 0 Å². The summed E-state index contributed by atoms with van der Waals surface area (Å²) < 4.78 is 11.9. The smallest absolute Gasteiger partial charge is 0.119 e. The minimum Gasteiger partial charge on any atom is -0.489 e. The van der Waals surface area contributed by atoms with Crippen LogP contribution in [0.3, 0.4) is 0 Å². The lowest BCUT2D eigenvalue weighted by molar-refractivity contribution is 0.0766. The van der Waals surface area contributed by atoms with Crippen LogP contribution in [-0.2, 0) is 11.3 Å². The normalized spacial score (nSPS) is 12.0. The molecule has 0 aliphatic heterocycles. The Labute approximate surface area is 167 Å². The van der Waals surface area contributed by atoms with E-state index in [1.165, 1.54) is 5.56 Å². The third-order valence-corrected chi connectivity index (χ3v) is 4.38. The van der Waals surface area contributed by atoms with Gasteiger partial charge in [-0.2, -0.15) is 0 Å². The number of hydrogen-bond acceptors (Lipinski definition) is 2. The van der Waals surface area contributed by atoms with Crippen LogP contribution in [0, 0.1) is 0 Å². The molecule has 142 valence electrons. The van der Waals surface area contributed by atoms with Gasteiger partial charge in [-0.05, 0) is 35.2 Å². The molecular formula is C26H26O2. The van der Waals surface area contributed by atoms with E-state index in [1.807, 2.05) is 48.5 Å². The fourth-order valence-electron chi connectivity index (χ4n) is 2.90. The summed E-state index contributed by atoms with van der Waals surface area (Å²) in [7, 11) is 0. The van der Waals surface area contributed by atoms with Crippen LogP contribution in [0.5, 0.6) is 5.75 Å². The quantitative estimate of drug-likeness (QED) is 0.374. The Morgan fingerprint density at radius 2 is 1.50 bits per heavy atom. The molecule has 28 heavy (non-hydrogen) atoms. The predicted molar refractivity (Wildman–Crippen MR) is 116 cm³/mol. The second kappa shape index (κ2) is 10.9. The highest BCUT2D eigenvalue weighted by molar-refractivity contribution is 5.48. The average molecular weight is 370 g/mol. The number of hydrogen-bond donors (Lipinski definition) is 0. The van der Waals surface area contributed by atoms with Gasteiger partial charge in [0.25, 0.3) is 0 Å². The van der Waals surface area contributed by atoms with E-state index < -0.39 is 0 Å². The first kappa shape index (κ1) is 19.7. The SMILES string of the molecule is C=CCOC(CC=Cc1ccccc1)c1ccc(OCc2ccccc2)cc1. The number of benzene rings is 3. The highest BCUT2D eigenvalue weighted by Crippen LogP contribution is 2.25. The summed E-state index contributed by atoms with van der Waals surface area (Å²) in [5.41, 5.74) is 3.48. The van der Waals surface area contributed by atoms with Crippen LogP contribution in [0.2, 0.25) is 0 Å². The Kier molecular flexibility index (Phi) is 7.66. The molecule has 0 N–H and O–H groups in total. The molecule has 0 radical (unpaired) electrons. The Balaban J connectivity index is 1.61. The molecule has 0 bridgehead atoms. The highest BCUT2D eigenvalue weighted by atomic mass is 16.5. The van der Waals surface area contributed by atoms with E-state index in [0.29, 0.717) is 13.2 Å². The van der Waals surface area contributed by atoms with Crippen molar-refractivity contribution in [2.45, 2.75) is 19.1 Å². The maximum absolute atomic E-state index is 5.97. The third kappa shape index (κ3) is 6.26. The topological polar surface area (TPSA) is 18.5 Å². The lowest BCUT2D eigenvalue weighted by Gasteiger charge is -2.16. The van der Waals surface area contributed by atoms with Crippen LogP contribution in [-0.4, -0.2) is 6.61 Å². The molecular weight excluding hydrogens is 344 g/mol. The molecule has 3 rings (SSSR count).